The molecule has 2 rings (SSSR count). The number of hydrogen-bond acceptors (Lipinski definition) is 3. The Labute approximate surface area is 109 Å². The van der Waals surface area contributed by atoms with Gasteiger partial charge >= 0.3 is 0 Å². The summed E-state index contributed by atoms with van der Waals surface area (Å²) in [5, 5.41) is 18.4. The number of anilines is 1. The number of aliphatic hydroxyl groups excluding tert-OH is 2. The molecule has 1 saturated heterocycles. The van der Waals surface area contributed by atoms with Crippen molar-refractivity contribution in [3.63, 3.8) is 0 Å². The predicted molar refractivity (Wildman–Crippen MR) is 73.8 cm³/mol. The first kappa shape index (κ1) is 13.4. The second kappa shape index (κ2) is 6.21. The second-order valence-electron chi connectivity index (χ2n) is 5.12. The molecular weight excluding hydrogens is 226 g/mol. The van der Waals surface area contributed by atoms with E-state index in [0.717, 1.165) is 24.9 Å². The van der Waals surface area contributed by atoms with E-state index in [1.54, 1.807) is 6.92 Å². The minimum atomic E-state index is -0.400. The summed E-state index contributed by atoms with van der Waals surface area (Å²) in [6.45, 7) is 3.17. The number of hydrogen-bond donors (Lipinski definition) is 2. The molecule has 1 unspecified atom stereocenters. The van der Waals surface area contributed by atoms with Gasteiger partial charge in [-0.1, -0.05) is 12.1 Å². The Kier molecular flexibility index (Phi) is 4.61. The standard InChI is InChI=1S/C15H23NO2/c1-12(18)13-6-8-15(9-7-13)16-10-2-4-14(16)5-3-11-17/h6-9,12,14,17-18H,2-5,10-11H2,1H3/t12-,14?/m1/s1. The maximum absolute atomic E-state index is 9.51. The van der Waals surface area contributed by atoms with Crippen LogP contribution >= 0.6 is 0 Å². The monoisotopic (exact) mass is 249 g/mol. The number of rotatable bonds is 5. The van der Waals surface area contributed by atoms with Gasteiger partial charge in [-0.25, -0.2) is 0 Å². The molecule has 1 aliphatic rings. The summed E-state index contributed by atoms with van der Waals surface area (Å²) in [6, 6.07) is 8.76. The molecule has 1 fully saturated rings. The molecule has 2 atom stereocenters. The van der Waals surface area contributed by atoms with E-state index in [0.29, 0.717) is 6.04 Å². The molecule has 1 aliphatic heterocycles. The molecule has 18 heavy (non-hydrogen) atoms. The van der Waals surface area contributed by atoms with Gasteiger partial charge in [-0.2, -0.15) is 0 Å². The van der Waals surface area contributed by atoms with Gasteiger partial charge in [0.1, 0.15) is 0 Å². The fourth-order valence-electron chi connectivity index (χ4n) is 2.75. The van der Waals surface area contributed by atoms with Crippen LogP contribution in [0.5, 0.6) is 0 Å². The van der Waals surface area contributed by atoms with E-state index in [1.165, 1.54) is 18.5 Å². The lowest BCUT2D eigenvalue weighted by atomic mass is 10.1. The Balaban J connectivity index is 2.05. The van der Waals surface area contributed by atoms with Crippen molar-refractivity contribution in [1.82, 2.24) is 0 Å². The maximum atomic E-state index is 9.51. The third-order valence-corrected chi connectivity index (χ3v) is 3.78. The third kappa shape index (κ3) is 3.03. The molecular formula is C15H23NO2. The van der Waals surface area contributed by atoms with Gasteiger partial charge in [-0.15, -0.1) is 0 Å². The number of nitrogens with zero attached hydrogens (tertiary/aromatic N) is 1. The molecule has 1 heterocycles. The van der Waals surface area contributed by atoms with E-state index in [2.05, 4.69) is 17.0 Å². The molecule has 3 nitrogen and oxygen atoms in total. The van der Waals surface area contributed by atoms with Crippen LogP contribution in [0.2, 0.25) is 0 Å². The molecule has 100 valence electrons. The summed E-state index contributed by atoms with van der Waals surface area (Å²) in [5.41, 5.74) is 2.20. The van der Waals surface area contributed by atoms with Gasteiger partial charge in [0.25, 0.3) is 0 Å². The Morgan fingerprint density at radius 1 is 1.33 bits per heavy atom. The van der Waals surface area contributed by atoms with Crippen LogP contribution in [-0.4, -0.2) is 29.4 Å². The largest absolute Gasteiger partial charge is 0.396 e. The first-order valence-corrected chi connectivity index (χ1v) is 6.88. The number of aliphatic hydroxyl groups is 2. The van der Waals surface area contributed by atoms with Crippen LogP contribution in [0.3, 0.4) is 0 Å². The summed E-state index contributed by atoms with van der Waals surface area (Å²) < 4.78 is 0. The zero-order valence-corrected chi connectivity index (χ0v) is 11.0. The van der Waals surface area contributed by atoms with Crippen LogP contribution in [0, 0.1) is 0 Å². The van der Waals surface area contributed by atoms with Gasteiger partial charge in [0, 0.05) is 24.9 Å². The van der Waals surface area contributed by atoms with E-state index >= 15 is 0 Å². The Hall–Kier alpha value is -1.06. The highest BCUT2D eigenvalue weighted by Gasteiger charge is 2.24. The topological polar surface area (TPSA) is 43.7 Å². The predicted octanol–water partition coefficient (Wildman–Crippen LogP) is 2.48. The van der Waals surface area contributed by atoms with Gasteiger partial charge in [-0.05, 0) is 50.3 Å². The van der Waals surface area contributed by atoms with Gasteiger partial charge in [0.15, 0.2) is 0 Å². The second-order valence-corrected chi connectivity index (χ2v) is 5.12. The Morgan fingerprint density at radius 2 is 2.06 bits per heavy atom. The van der Waals surface area contributed by atoms with Crippen molar-refractivity contribution in [2.24, 2.45) is 0 Å². The molecule has 0 amide bonds. The van der Waals surface area contributed by atoms with Crippen molar-refractivity contribution in [1.29, 1.82) is 0 Å². The maximum Gasteiger partial charge on any atom is 0.0761 e. The van der Waals surface area contributed by atoms with Gasteiger partial charge in [0.2, 0.25) is 0 Å². The van der Waals surface area contributed by atoms with Crippen LogP contribution in [0.1, 0.15) is 44.3 Å². The lowest BCUT2D eigenvalue weighted by Gasteiger charge is -2.27. The average molecular weight is 249 g/mol. The van der Waals surface area contributed by atoms with Crippen LogP contribution in [-0.2, 0) is 0 Å². The Bertz CT molecular complexity index is 361. The number of benzene rings is 1. The van der Waals surface area contributed by atoms with Crippen LogP contribution in [0.4, 0.5) is 5.69 Å². The minimum Gasteiger partial charge on any atom is -0.396 e. The highest BCUT2D eigenvalue weighted by molar-refractivity contribution is 5.49. The fourth-order valence-corrected chi connectivity index (χ4v) is 2.75. The highest BCUT2D eigenvalue weighted by Crippen LogP contribution is 2.28. The fraction of sp³-hybridized carbons (Fsp3) is 0.600. The summed E-state index contributed by atoms with van der Waals surface area (Å²) in [6.07, 6.45) is 4.00. The van der Waals surface area contributed by atoms with E-state index in [9.17, 15) is 5.11 Å². The summed E-state index contributed by atoms with van der Waals surface area (Å²) in [4.78, 5) is 2.43. The molecule has 0 spiro atoms. The zero-order valence-electron chi connectivity index (χ0n) is 11.0. The summed E-state index contributed by atoms with van der Waals surface area (Å²) >= 11 is 0. The van der Waals surface area contributed by atoms with Crippen molar-refractivity contribution in [2.45, 2.75) is 44.8 Å². The van der Waals surface area contributed by atoms with Crippen LogP contribution < -0.4 is 4.90 Å². The lowest BCUT2D eigenvalue weighted by Crippen LogP contribution is -2.29. The molecule has 0 saturated carbocycles. The molecule has 1 aromatic rings. The zero-order chi connectivity index (χ0) is 13.0. The van der Waals surface area contributed by atoms with Gasteiger partial charge in [0.05, 0.1) is 6.10 Å². The van der Waals surface area contributed by atoms with Crippen molar-refractivity contribution < 1.29 is 10.2 Å². The molecule has 0 aromatic heterocycles. The summed E-state index contributed by atoms with van der Waals surface area (Å²) in [7, 11) is 0. The molecule has 1 aromatic carbocycles. The molecule has 0 bridgehead atoms. The normalized spacial score (nSPS) is 21.3. The van der Waals surface area contributed by atoms with Gasteiger partial charge in [-0.3, -0.25) is 0 Å². The van der Waals surface area contributed by atoms with E-state index < -0.39 is 6.10 Å². The van der Waals surface area contributed by atoms with Crippen molar-refractivity contribution in [3.05, 3.63) is 29.8 Å². The lowest BCUT2D eigenvalue weighted by molar-refractivity contribution is 0.199. The van der Waals surface area contributed by atoms with E-state index in [4.69, 9.17) is 5.11 Å². The average Bonchev–Trinajstić information content (AvgIpc) is 2.84. The SMILES string of the molecule is C[C@@H](O)c1ccc(N2CCCC2CCCO)cc1. The first-order valence-electron chi connectivity index (χ1n) is 6.88. The third-order valence-electron chi connectivity index (χ3n) is 3.78. The minimum absolute atomic E-state index is 0.283. The summed E-state index contributed by atoms with van der Waals surface area (Å²) in [5.74, 6) is 0. The van der Waals surface area contributed by atoms with Crippen LogP contribution in [0.25, 0.3) is 0 Å². The molecule has 0 radical (unpaired) electrons. The molecule has 2 N–H and O–H groups in total. The first-order chi connectivity index (χ1) is 8.72. The Morgan fingerprint density at radius 3 is 2.67 bits per heavy atom. The van der Waals surface area contributed by atoms with Gasteiger partial charge < -0.3 is 15.1 Å². The molecule has 3 heteroatoms. The van der Waals surface area contributed by atoms with E-state index in [-0.39, 0.29) is 6.61 Å². The molecule has 0 aliphatic carbocycles. The van der Waals surface area contributed by atoms with E-state index in [1.807, 2.05) is 12.1 Å². The quantitative estimate of drug-likeness (QED) is 0.842. The van der Waals surface area contributed by atoms with Crippen LogP contribution in [0.15, 0.2) is 24.3 Å². The van der Waals surface area contributed by atoms with Crippen molar-refractivity contribution in [2.75, 3.05) is 18.1 Å². The van der Waals surface area contributed by atoms with Crippen molar-refractivity contribution >= 4 is 5.69 Å². The van der Waals surface area contributed by atoms with Crippen molar-refractivity contribution in [3.8, 4) is 0 Å². The highest BCUT2D eigenvalue weighted by atomic mass is 16.3. The smallest absolute Gasteiger partial charge is 0.0761 e.